The first kappa shape index (κ1) is 29.8. The van der Waals surface area contributed by atoms with Crippen LogP contribution in [0.1, 0.15) is 66.4 Å². The molecule has 0 aliphatic carbocycles. The second-order valence-electron chi connectivity index (χ2n) is 10.00. The number of benzene rings is 1. The van der Waals surface area contributed by atoms with Crippen LogP contribution >= 0.6 is 11.3 Å². The average molecular weight is 570 g/mol. The van der Waals surface area contributed by atoms with Crippen molar-refractivity contribution >= 4 is 23.2 Å². The number of nitrogens with zero attached hydrogens (tertiary/aromatic N) is 2. The van der Waals surface area contributed by atoms with E-state index in [1.54, 1.807) is 6.92 Å². The predicted octanol–water partition coefficient (Wildman–Crippen LogP) is 5.46. The highest BCUT2D eigenvalue weighted by Gasteiger charge is 2.68. The molecule has 1 atom stereocenters. The Morgan fingerprint density at radius 1 is 1.13 bits per heavy atom. The van der Waals surface area contributed by atoms with Crippen molar-refractivity contribution in [1.29, 1.82) is 0 Å². The van der Waals surface area contributed by atoms with E-state index in [0.717, 1.165) is 6.07 Å². The summed E-state index contributed by atoms with van der Waals surface area (Å²) in [6, 6.07) is 1.16. The third kappa shape index (κ3) is 5.65. The molecule has 2 aromatic rings. The van der Waals surface area contributed by atoms with Gasteiger partial charge < -0.3 is 15.3 Å². The summed E-state index contributed by atoms with van der Waals surface area (Å²) in [5, 5.41) is 12.0. The van der Waals surface area contributed by atoms with E-state index < -0.39 is 52.1 Å². The van der Waals surface area contributed by atoms with E-state index in [2.05, 4.69) is 10.3 Å². The monoisotopic (exact) mass is 569 g/mol. The van der Waals surface area contributed by atoms with Gasteiger partial charge in [0.2, 0.25) is 0 Å². The predicted molar refractivity (Wildman–Crippen MR) is 125 cm³/mol. The molecule has 0 bridgehead atoms. The molecule has 14 heteroatoms. The van der Waals surface area contributed by atoms with Crippen LogP contribution in [0.15, 0.2) is 18.2 Å². The van der Waals surface area contributed by atoms with Crippen LogP contribution in [-0.2, 0) is 5.41 Å². The minimum atomic E-state index is -5.78. The van der Waals surface area contributed by atoms with E-state index in [1.807, 2.05) is 0 Å². The van der Waals surface area contributed by atoms with Crippen LogP contribution < -0.4 is 5.32 Å². The Kier molecular flexibility index (Phi) is 7.92. The molecule has 2 amide bonds. The van der Waals surface area contributed by atoms with Gasteiger partial charge in [0.05, 0.1) is 10.5 Å². The summed E-state index contributed by atoms with van der Waals surface area (Å²) in [5.74, 6) is -2.90. The zero-order valence-corrected chi connectivity index (χ0v) is 21.7. The van der Waals surface area contributed by atoms with Gasteiger partial charge in [-0.2, -0.15) is 26.3 Å². The summed E-state index contributed by atoms with van der Waals surface area (Å²) in [4.78, 5) is 31.2. The normalized spacial score (nSPS) is 17.2. The SMILES string of the molecule is C[C@H]1CCCN1C(=O)c1nc(C(=O)NCC(C)(C)O)sc1-c1ccc(C(C)(C(F)(F)F)C(F)(F)F)cc1F. The Morgan fingerprint density at radius 2 is 1.74 bits per heavy atom. The lowest BCUT2D eigenvalue weighted by atomic mass is 9.80. The number of halogens is 7. The number of rotatable bonds is 6. The van der Waals surface area contributed by atoms with E-state index in [4.69, 9.17) is 0 Å². The molecule has 1 aliphatic heterocycles. The number of amides is 2. The lowest BCUT2D eigenvalue weighted by molar-refractivity contribution is -0.297. The summed E-state index contributed by atoms with van der Waals surface area (Å²) in [7, 11) is 0. The van der Waals surface area contributed by atoms with Crippen LogP contribution in [0.2, 0.25) is 0 Å². The minimum Gasteiger partial charge on any atom is -0.389 e. The van der Waals surface area contributed by atoms with Crippen molar-refractivity contribution in [3.8, 4) is 10.4 Å². The standard InChI is InChI=1S/C24H26F7N3O3S/c1-12-6-5-9-34(12)20(36)16-17(38-19(33-16)18(35)32-11-21(2,3)37)14-8-7-13(10-15(14)25)22(4,23(26,27)28)24(29,30)31/h7-8,10,12,37H,5-6,9,11H2,1-4H3,(H,32,35)/t12-/m0/s1. The number of aliphatic hydroxyl groups is 1. The number of hydrogen-bond donors (Lipinski definition) is 2. The molecule has 1 aromatic carbocycles. The van der Waals surface area contributed by atoms with Crippen molar-refractivity contribution in [2.24, 2.45) is 0 Å². The lowest BCUT2D eigenvalue weighted by Gasteiger charge is -2.34. The molecule has 0 radical (unpaired) electrons. The molecular weight excluding hydrogens is 543 g/mol. The van der Waals surface area contributed by atoms with Crippen LogP contribution in [0.5, 0.6) is 0 Å². The van der Waals surface area contributed by atoms with Gasteiger partial charge in [-0.3, -0.25) is 9.59 Å². The van der Waals surface area contributed by atoms with E-state index in [0.29, 0.717) is 36.8 Å². The zero-order chi connectivity index (χ0) is 28.8. The number of carbonyl (C=O) groups excluding carboxylic acids is 2. The molecule has 2 heterocycles. The molecule has 1 aromatic heterocycles. The molecular formula is C24H26F7N3O3S. The fourth-order valence-corrected chi connectivity index (χ4v) is 4.99. The van der Waals surface area contributed by atoms with Gasteiger partial charge >= 0.3 is 12.4 Å². The van der Waals surface area contributed by atoms with Gasteiger partial charge in [-0.15, -0.1) is 11.3 Å². The highest BCUT2D eigenvalue weighted by molar-refractivity contribution is 7.17. The minimum absolute atomic E-state index is 0.0804. The molecule has 210 valence electrons. The Labute approximate surface area is 217 Å². The number of nitrogens with one attached hydrogen (secondary N) is 1. The Morgan fingerprint density at radius 3 is 2.21 bits per heavy atom. The van der Waals surface area contributed by atoms with Crippen molar-refractivity contribution in [1.82, 2.24) is 15.2 Å². The summed E-state index contributed by atoms with van der Waals surface area (Å²) >= 11 is 0.562. The Hall–Kier alpha value is -2.74. The quantitative estimate of drug-likeness (QED) is 0.453. The van der Waals surface area contributed by atoms with E-state index in [-0.39, 0.29) is 41.2 Å². The first-order valence-electron chi connectivity index (χ1n) is 11.5. The molecule has 1 aliphatic rings. The average Bonchev–Trinajstić information content (AvgIpc) is 3.41. The van der Waals surface area contributed by atoms with Gasteiger partial charge in [0, 0.05) is 24.7 Å². The molecule has 0 saturated carbocycles. The fraction of sp³-hybridized carbons (Fsp3) is 0.542. The van der Waals surface area contributed by atoms with Crippen molar-refractivity contribution < 1.29 is 45.4 Å². The summed E-state index contributed by atoms with van der Waals surface area (Å²) in [6.07, 6.45) is -10.2. The highest BCUT2D eigenvalue weighted by Crippen LogP contribution is 2.52. The zero-order valence-electron chi connectivity index (χ0n) is 20.8. The summed E-state index contributed by atoms with van der Waals surface area (Å²) < 4.78 is 96.3. The molecule has 0 unspecified atom stereocenters. The van der Waals surface area contributed by atoms with Crippen LogP contribution in [-0.4, -0.2) is 63.9 Å². The molecule has 38 heavy (non-hydrogen) atoms. The molecule has 3 rings (SSSR count). The number of carbonyl (C=O) groups is 2. The van der Waals surface area contributed by atoms with Crippen LogP contribution in [0.3, 0.4) is 0 Å². The molecule has 6 nitrogen and oxygen atoms in total. The largest absolute Gasteiger partial charge is 0.406 e. The smallest absolute Gasteiger partial charge is 0.389 e. The Bertz CT molecular complexity index is 1200. The van der Waals surface area contributed by atoms with Gasteiger partial charge in [0.15, 0.2) is 10.4 Å². The van der Waals surface area contributed by atoms with E-state index >= 15 is 4.39 Å². The third-order valence-corrected chi connectivity index (χ3v) is 7.53. The van der Waals surface area contributed by atoms with Gasteiger partial charge in [-0.25, -0.2) is 9.37 Å². The fourth-order valence-electron chi connectivity index (χ4n) is 3.99. The maximum absolute atomic E-state index is 15.2. The first-order chi connectivity index (χ1) is 17.3. The van der Waals surface area contributed by atoms with Crippen LogP contribution in [0.25, 0.3) is 10.4 Å². The highest BCUT2D eigenvalue weighted by atomic mass is 32.1. The van der Waals surface area contributed by atoms with Crippen LogP contribution in [0.4, 0.5) is 30.7 Å². The number of thiazole rings is 1. The second-order valence-corrected chi connectivity index (χ2v) is 11.0. The van der Waals surface area contributed by atoms with Gasteiger partial charge in [0.1, 0.15) is 11.5 Å². The molecule has 0 spiro atoms. The summed E-state index contributed by atoms with van der Waals surface area (Å²) in [5.41, 5.74) is -7.83. The van der Waals surface area contributed by atoms with Crippen molar-refractivity contribution in [3.05, 3.63) is 40.3 Å². The van der Waals surface area contributed by atoms with Crippen molar-refractivity contribution in [3.63, 3.8) is 0 Å². The van der Waals surface area contributed by atoms with Crippen molar-refractivity contribution in [2.45, 2.75) is 69.9 Å². The third-order valence-electron chi connectivity index (χ3n) is 6.44. The number of aromatic nitrogens is 1. The van der Waals surface area contributed by atoms with Gasteiger partial charge in [0.25, 0.3) is 11.8 Å². The molecule has 1 fully saturated rings. The first-order valence-corrected chi connectivity index (χ1v) is 12.4. The van der Waals surface area contributed by atoms with Crippen LogP contribution in [0, 0.1) is 5.82 Å². The second kappa shape index (κ2) is 10.1. The molecule has 2 N–H and O–H groups in total. The maximum atomic E-state index is 15.2. The van der Waals surface area contributed by atoms with E-state index in [9.17, 15) is 41.0 Å². The topological polar surface area (TPSA) is 82.5 Å². The van der Waals surface area contributed by atoms with Gasteiger partial charge in [-0.05, 0) is 52.2 Å². The number of likely N-dealkylation sites (tertiary alicyclic amines) is 1. The molecule has 1 saturated heterocycles. The Balaban J connectivity index is 2.12. The number of hydrogen-bond acceptors (Lipinski definition) is 5. The summed E-state index contributed by atoms with van der Waals surface area (Å²) in [6.45, 7) is 4.72. The maximum Gasteiger partial charge on any atom is 0.406 e. The number of alkyl halides is 6. The van der Waals surface area contributed by atoms with Crippen molar-refractivity contribution in [2.75, 3.05) is 13.1 Å². The lowest BCUT2D eigenvalue weighted by Crippen LogP contribution is -2.51. The van der Waals surface area contributed by atoms with E-state index in [1.165, 1.54) is 18.7 Å². The van der Waals surface area contributed by atoms with Gasteiger partial charge in [-0.1, -0.05) is 12.1 Å².